The van der Waals surface area contributed by atoms with Crippen LogP contribution in [-0.4, -0.2) is 62.5 Å². The number of aryl methyl sites for hydroxylation is 1. The molecule has 1 aromatic carbocycles. The molecule has 4 rings (SSSR count). The van der Waals surface area contributed by atoms with E-state index in [4.69, 9.17) is 0 Å². The largest absolute Gasteiger partial charge is 0.342 e. The molecule has 0 unspecified atom stereocenters. The second kappa shape index (κ2) is 9.24. The van der Waals surface area contributed by atoms with E-state index < -0.39 is 12.1 Å². The summed E-state index contributed by atoms with van der Waals surface area (Å²) < 4.78 is 0. The standard InChI is InChI=1S/C23H28N4O3/c28-20(12-4-9-17-7-2-1-3-8-17)26-15-6-11-19(26)23(30)27-16-5-10-18(27)21(29)22-24-13-14-25-22/h1-3,7-8,13-14,18-19H,4-6,9-12,15-16H2,(H,24,25)/t18-,19-/m0/s1. The van der Waals surface area contributed by atoms with Crippen LogP contribution in [0.3, 0.4) is 0 Å². The molecule has 2 atom stereocenters. The maximum Gasteiger partial charge on any atom is 0.246 e. The van der Waals surface area contributed by atoms with Gasteiger partial charge in [-0.15, -0.1) is 0 Å². The number of benzene rings is 1. The number of likely N-dealkylation sites (tertiary alicyclic amines) is 2. The molecule has 0 bridgehead atoms. The van der Waals surface area contributed by atoms with E-state index in [1.165, 1.54) is 5.56 Å². The molecule has 0 saturated carbocycles. The first-order valence-corrected chi connectivity index (χ1v) is 10.8. The molecule has 2 aromatic rings. The van der Waals surface area contributed by atoms with Crippen molar-refractivity contribution in [3.05, 3.63) is 54.1 Å². The van der Waals surface area contributed by atoms with E-state index in [-0.39, 0.29) is 17.6 Å². The molecule has 2 aliphatic heterocycles. The van der Waals surface area contributed by atoms with Gasteiger partial charge in [-0.1, -0.05) is 30.3 Å². The van der Waals surface area contributed by atoms with Gasteiger partial charge in [-0.25, -0.2) is 4.98 Å². The van der Waals surface area contributed by atoms with Gasteiger partial charge in [0.2, 0.25) is 17.6 Å². The van der Waals surface area contributed by atoms with Crippen molar-refractivity contribution < 1.29 is 14.4 Å². The molecule has 2 fully saturated rings. The number of imidazole rings is 1. The molecule has 1 N–H and O–H groups in total. The van der Waals surface area contributed by atoms with Crippen molar-refractivity contribution in [2.24, 2.45) is 0 Å². The summed E-state index contributed by atoms with van der Waals surface area (Å²) in [6.07, 6.45) is 8.14. The number of carbonyl (C=O) groups is 3. The highest BCUT2D eigenvalue weighted by atomic mass is 16.2. The first kappa shape index (κ1) is 20.3. The summed E-state index contributed by atoms with van der Waals surface area (Å²) in [5.41, 5.74) is 1.22. The number of rotatable bonds is 7. The minimum Gasteiger partial charge on any atom is -0.342 e. The van der Waals surface area contributed by atoms with Gasteiger partial charge in [0.05, 0.1) is 6.04 Å². The summed E-state index contributed by atoms with van der Waals surface area (Å²) in [7, 11) is 0. The molecule has 7 heteroatoms. The topological polar surface area (TPSA) is 86.4 Å². The Balaban J connectivity index is 1.36. The number of nitrogens with one attached hydrogen (secondary N) is 1. The van der Waals surface area contributed by atoms with E-state index in [9.17, 15) is 14.4 Å². The Labute approximate surface area is 176 Å². The molecule has 158 valence electrons. The molecule has 0 radical (unpaired) electrons. The van der Waals surface area contributed by atoms with Crippen LogP contribution in [-0.2, 0) is 16.0 Å². The summed E-state index contributed by atoms with van der Waals surface area (Å²) in [5, 5.41) is 0. The number of hydrogen-bond acceptors (Lipinski definition) is 4. The Morgan fingerprint density at radius 2 is 1.73 bits per heavy atom. The molecule has 2 amide bonds. The zero-order chi connectivity index (χ0) is 20.9. The highest BCUT2D eigenvalue weighted by Gasteiger charge is 2.42. The Hall–Kier alpha value is -2.96. The lowest BCUT2D eigenvalue weighted by Gasteiger charge is -2.30. The van der Waals surface area contributed by atoms with Crippen LogP contribution in [0.25, 0.3) is 0 Å². The molecule has 0 spiro atoms. The molecular formula is C23H28N4O3. The van der Waals surface area contributed by atoms with Gasteiger partial charge >= 0.3 is 0 Å². The lowest BCUT2D eigenvalue weighted by molar-refractivity contribution is -0.144. The van der Waals surface area contributed by atoms with Crippen LogP contribution in [0.2, 0.25) is 0 Å². The third-order valence-corrected chi connectivity index (χ3v) is 6.13. The average molecular weight is 409 g/mol. The number of hydrogen-bond donors (Lipinski definition) is 1. The summed E-state index contributed by atoms with van der Waals surface area (Å²) in [4.78, 5) is 49.2. The maximum atomic E-state index is 13.3. The number of aromatic amines is 1. The van der Waals surface area contributed by atoms with Gasteiger partial charge in [-0.3, -0.25) is 14.4 Å². The highest BCUT2D eigenvalue weighted by Crippen LogP contribution is 2.27. The number of nitrogens with zero attached hydrogens (tertiary/aromatic N) is 3. The molecule has 2 aliphatic rings. The van der Waals surface area contributed by atoms with Gasteiger partial charge in [0.15, 0.2) is 5.82 Å². The summed E-state index contributed by atoms with van der Waals surface area (Å²) in [5.74, 6) is 0.0887. The third-order valence-electron chi connectivity index (χ3n) is 6.13. The zero-order valence-electron chi connectivity index (χ0n) is 17.1. The Bertz CT molecular complexity index is 881. The summed E-state index contributed by atoms with van der Waals surface area (Å²) in [6.45, 7) is 1.17. The van der Waals surface area contributed by atoms with Crippen LogP contribution in [0.4, 0.5) is 0 Å². The predicted molar refractivity (Wildman–Crippen MR) is 112 cm³/mol. The Morgan fingerprint density at radius 3 is 2.47 bits per heavy atom. The SMILES string of the molecule is O=C(c1ncc[nH]1)[C@@H]1CCCN1C(=O)[C@@H]1CCCN1C(=O)CCCc1ccccc1. The van der Waals surface area contributed by atoms with Crippen LogP contribution in [0.1, 0.15) is 54.7 Å². The molecule has 7 nitrogen and oxygen atoms in total. The van der Waals surface area contributed by atoms with Crippen molar-refractivity contribution in [2.75, 3.05) is 13.1 Å². The van der Waals surface area contributed by atoms with Gasteiger partial charge in [-0.05, 0) is 44.1 Å². The molecule has 0 aliphatic carbocycles. The number of H-pyrrole nitrogens is 1. The lowest BCUT2D eigenvalue weighted by Crippen LogP contribution is -2.51. The zero-order valence-corrected chi connectivity index (χ0v) is 17.1. The lowest BCUT2D eigenvalue weighted by atomic mass is 10.1. The Morgan fingerprint density at radius 1 is 1.00 bits per heavy atom. The second-order valence-electron chi connectivity index (χ2n) is 8.08. The molecular weight excluding hydrogens is 380 g/mol. The summed E-state index contributed by atoms with van der Waals surface area (Å²) >= 11 is 0. The van der Waals surface area contributed by atoms with E-state index in [0.29, 0.717) is 38.2 Å². The Kier molecular flexibility index (Phi) is 6.26. The van der Waals surface area contributed by atoms with Gasteiger partial charge in [-0.2, -0.15) is 0 Å². The van der Waals surface area contributed by atoms with Crippen molar-refractivity contribution in [3.8, 4) is 0 Å². The smallest absolute Gasteiger partial charge is 0.246 e. The normalized spacial score (nSPS) is 21.2. The quantitative estimate of drug-likeness (QED) is 0.714. The summed E-state index contributed by atoms with van der Waals surface area (Å²) in [6, 6.07) is 9.19. The van der Waals surface area contributed by atoms with Crippen LogP contribution in [0.15, 0.2) is 42.7 Å². The van der Waals surface area contributed by atoms with Crippen molar-refractivity contribution in [2.45, 2.75) is 57.0 Å². The molecule has 2 saturated heterocycles. The van der Waals surface area contributed by atoms with E-state index in [2.05, 4.69) is 22.1 Å². The van der Waals surface area contributed by atoms with E-state index in [1.54, 1.807) is 22.2 Å². The van der Waals surface area contributed by atoms with Crippen molar-refractivity contribution in [1.29, 1.82) is 0 Å². The minimum atomic E-state index is -0.487. The van der Waals surface area contributed by atoms with Gasteiger partial charge in [0.1, 0.15) is 6.04 Å². The average Bonchev–Trinajstić information content (AvgIpc) is 3.55. The van der Waals surface area contributed by atoms with E-state index >= 15 is 0 Å². The van der Waals surface area contributed by atoms with Crippen LogP contribution in [0.5, 0.6) is 0 Å². The van der Waals surface area contributed by atoms with Gasteiger partial charge < -0.3 is 14.8 Å². The fraction of sp³-hybridized carbons (Fsp3) is 0.478. The monoisotopic (exact) mass is 408 g/mol. The van der Waals surface area contributed by atoms with Crippen molar-refractivity contribution >= 4 is 17.6 Å². The minimum absolute atomic E-state index is 0.0369. The van der Waals surface area contributed by atoms with Gasteiger partial charge in [0, 0.05) is 31.9 Å². The number of aromatic nitrogens is 2. The number of carbonyl (C=O) groups excluding carboxylic acids is 3. The van der Waals surface area contributed by atoms with Gasteiger partial charge in [0.25, 0.3) is 0 Å². The van der Waals surface area contributed by atoms with Crippen molar-refractivity contribution in [3.63, 3.8) is 0 Å². The van der Waals surface area contributed by atoms with E-state index in [1.807, 2.05) is 18.2 Å². The van der Waals surface area contributed by atoms with Crippen LogP contribution < -0.4 is 0 Å². The number of Topliss-reactive ketones (excluding diaryl/α,β-unsaturated/α-hetero) is 1. The maximum absolute atomic E-state index is 13.3. The fourth-order valence-corrected chi connectivity index (χ4v) is 4.61. The number of ketones is 1. The number of amides is 2. The highest BCUT2D eigenvalue weighted by molar-refractivity contribution is 6.00. The van der Waals surface area contributed by atoms with Crippen LogP contribution >= 0.6 is 0 Å². The predicted octanol–water partition coefficient (Wildman–Crippen LogP) is 2.60. The fourth-order valence-electron chi connectivity index (χ4n) is 4.61. The third kappa shape index (κ3) is 4.30. The first-order chi connectivity index (χ1) is 14.6. The second-order valence-corrected chi connectivity index (χ2v) is 8.08. The van der Waals surface area contributed by atoms with E-state index in [0.717, 1.165) is 25.7 Å². The van der Waals surface area contributed by atoms with Crippen molar-refractivity contribution in [1.82, 2.24) is 19.8 Å². The molecule has 30 heavy (non-hydrogen) atoms. The van der Waals surface area contributed by atoms with Crippen LogP contribution in [0, 0.1) is 0 Å². The molecule has 3 heterocycles. The molecule has 1 aromatic heterocycles. The first-order valence-electron chi connectivity index (χ1n) is 10.8.